The van der Waals surface area contributed by atoms with Crippen LogP contribution in [0.1, 0.15) is 0 Å². The lowest BCUT2D eigenvalue weighted by Crippen LogP contribution is -2.29. The van der Waals surface area contributed by atoms with E-state index in [0.717, 1.165) is 12.1 Å². The van der Waals surface area contributed by atoms with E-state index in [4.69, 9.17) is 4.43 Å². The second kappa shape index (κ2) is 5.04. The van der Waals surface area contributed by atoms with Crippen LogP contribution in [0.25, 0.3) is 0 Å². The summed E-state index contributed by atoms with van der Waals surface area (Å²) in [5.74, 6) is -0.165. The van der Waals surface area contributed by atoms with Crippen molar-refractivity contribution >= 4 is 18.4 Å². The van der Waals surface area contributed by atoms with E-state index in [1.165, 1.54) is 12.1 Å². The lowest BCUT2D eigenvalue weighted by Gasteiger charge is -2.19. The quantitative estimate of drug-likeness (QED) is 0.487. The van der Waals surface area contributed by atoms with E-state index < -0.39 is 29.7 Å². The molecule has 1 rings (SSSR count). The summed E-state index contributed by atoms with van der Waals surface area (Å²) in [4.78, 5) is 0. The molecule has 0 bridgehead atoms. The molecule has 0 amide bonds. The molecular weight excluding hydrogens is 301 g/mol. The second-order valence-corrected chi connectivity index (χ2v) is 10.6. The Morgan fingerprint density at radius 2 is 1.63 bits per heavy atom. The fraction of sp³-hybridized carbons (Fsp3) is 0.400. The summed E-state index contributed by atoms with van der Waals surface area (Å²) >= 11 is 0. The zero-order chi connectivity index (χ0) is 14.9. The number of benzene rings is 1. The molecule has 0 atom stereocenters. The van der Waals surface area contributed by atoms with Crippen molar-refractivity contribution in [3.05, 3.63) is 24.3 Å². The first-order valence-electron chi connectivity index (χ1n) is 5.20. The molecule has 1 aromatic carbocycles. The van der Waals surface area contributed by atoms with Crippen molar-refractivity contribution in [3.63, 3.8) is 0 Å². The van der Waals surface area contributed by atoms with E-state index in [9.17, 15) is 21.6 Å². The van der Waals surface area contributed by atoms with Gasteiger partial charge in [0.1, 0.15) is 11.5 Å². The van der Waals surface area contributed by atoms with Crippen molar-refractivity contribution in [2.24, 2.45) is 0 Å². The minimum atomic E-state index is -5.66. The molecule has 19 heavy (non-hydrogen) atoms. The van der Waals surface area contributed by atoms with Crippen LogP contribution >= 0.6 is 0 Å². The number of rotatable bonds is 4. The fourth-order valence-electron chi connectivity index (χ4n) is 1.12. The predicted molar refractivity (Wildman–Crippen MR) is 66.0 cm³/mol. The Bertz CT molecular complexity index is 549. The van der Waals surface area contributed by atoms with Crippen LogP contribution in [0.2, 0.25) is 19.6 Å². The van der Waals surface area contributed by atoms with E-state index in [2.05, 4.69) is 4.18 Å². The average Bonchev–Trinajstić information content (AvgIpc) is 2.12. The molecule has 0 fully saturated rings. The third kappa shape index (κ3) is 4.75. The molecule has 0 aliphatic rings. The SMILES string of the molecule is C[Si](C)(C)Oc1cccc(OS(=O)(=O)C(F)(F)F)c1. The topological polar surface area (TPSA) is 52.6 Å². The highest BCUT2D eigenvalue weighted by molar-refractivity contribution is 7.88. The minimum absolute atomic E-state index is 0.272. The Morgan fingerprint density at radius 3 is 2.11 bits per heavy atom. The van der Waals surface area contributed by atoms with E-state index >= 15 is 0 Å². The predicted octanol–water partition coefficient (Wildman–Crippen LogP) is 3.13. The van der Waals surface area contributed by atoms with Crippen molar-refractivity contribution < 1.29 is 30.2 Å². The average molecular weight is 314 g/mol. The van der Waals surface area contributed by atoms with Crippen LogP contribution in [0.3, 0.4) is 0 Å². The van der Waals surface area contributed by atoms with E-state index in [0.29, 0.717) is 0 Å². The molecule has 0 unspecified atom stereocenters. The van der Waals surface area contributed by atoms with Gasteiger partial charge in [-0.05, 0) is 31.8 Å². The van der Waals surface area contributed by atoms with Gasteiger partial charge in [-0.1, -0.05) is 6.07 Å². The number of hydrogen-bond donors (Lipinski definition) is 0. The molecule has 0 aromatic heterocycles. The van der Waals surface area contributed by atoms with Crippen LogP contribution in [0.15, 0.2) is 24.3 Å². The van der Waals surface area contributed by atoms with Gasteiger partial charge in [0.15, 0.2) is 0 Å². The molecule has 9 heteroatoms. The lowest BCUT2D eigenvalue weighted by atomic mass is 10.3. The van der Waals surface area contributed by atoms with Gasteiger partial charge in [-0.3, -0.25) is 0 Å². The Balaban J connectivity index is 2.96. The molecule has 108 valence electrons. The van der Waals surface area contributed by atoms with Crippen molar-refractivity contribution in [1.29, 1.82) is 0 Å². The molecule has 4 nitrogen and oxygen atoms in total. The third-order valence-electron chi connectivity index (χ3n) is 1.72. The molecule has 1 aromatic rings. The zero-order valence-corrected chi connectivity index (χ0v) is 12.3. The van der Waals surface area contributed by atoms with Gasteiger partial charge >= 0.3 is 15.6 Å². The van der Waals surface area contributed by atoms with Gasteiger partial charge in [-0.2, -0.15) is 21.6 Å². The van der Waals surface area contributed by atoms with Gasteiger partial charge < -0.3 is 8.61 Å². The fourth-order valence-corrected chi connectivity index (χ4v) is 2.40. The molecular formula is C10H13F3O4SSi. The van der Waals surface area contributed by atoms with E-state index in [1.807, 2.05) is 19.6 Å². The molecule has 0 spiro atoms. The van der Waals surface area contributed by atoms with E-state index in [1.54, 1.807) is 0 Å². The van der Waals surface area contributed by atoms with Gasteiger partial charge in [0.25, 0.3) is 0 Å². The smallest absolute Gasteiger partial charge is 0.534 e. The highest BCUT2D eigenvalue weighted by Gasteiger charge is 2.48. The summed E-state index contributed by atoms with van der Waals surface area (Å²) < 4.78 is 67.7. The van der Waals surface area contributed by atoms with Gasteiger partial charge in [-0.15, -0.1) is 0 Å². The normalized spacial score (nSPS) is 13.2. The Morgan fingerprint density at radius 1 is 1.11 bits per heavy atom. The lowest BCUT2D eigenvalue weighted by molar-refractivity contribution is -0.0500. The van der Waals surface area contributed by atoms with E-state index in [-0.39, 0.29) is 5.75 Å². The first-order valence-corrected chi connectivity index (χ1v) is 10.0. The van der Waals surface area contributed by atoms with Crippen LogP contribution in [-0.4, -0.2) is 22.2 Å². The van der Waals surface area contributed by atoms with Crippen LogP contribution in [0.5, 0.6) is 11.5 Å². The van der Waals surface area contributed by atoms with Crippen LogP contribution in [-0.2, 0) is 10.1 Å². The molecule has 0 radical (unpaired) electrons. The molecule has 0 saturated heterocycles. The van der Waals surface area contributed by atoms with Gasteiger partial charge in [-0.25, -0.2) is 0 Å². The van der Waals surface area contributed by atoms with Gasteiger partial charge in [0.05, 0.1) is 0 Å². The van der Waals surface area contributed by atoms with Crippen molar-refractivity contribution in [2.45, 2.75) is 25.1 Å². The highest BCUT2D eigenvalue weighted by atomic mass is 32.2. The van der Waals surface area contributed by atoms with Crippen molar-refractivity contribution in [2.75, 3.05) is 0 Å². The van der Waals surface area contributed by atoms with Crippen LogP contribution < -0.4 is 8.61 Å². The summed E-state index contributed by atoms with van der Waals surface area (Å²) in [5, 5.41) is 0. The summed E-state index contributed by atoms with van der Waals surface area (Å²) in [5.41, 5.74) is -5.46. The largest absolute Gasteiger partial charge is 0.544 e. The summed E-state index contributed by atoms with van der Waals surface area (Å²) in [6, 6.07) is 5.10. The standard InChI is InChI=1S/C10H13F3O4SSi/c1-19(2,3)17-9-6-4-5-8(7-9)16-18(14,15)10(11,12)13/h4-7H,1-3H3. The maximum absolute atomic E-state index is 12.2. The Labute approximate surface area is 110 Å². The van der Waals surface area contributed by atoms with Crippen LogP contribution in [0, 0.1) is 0 Å². The summed E-state index contributed by atoms with van der Waals surface area (Å²) in [6.45, 7) is 5.65. The summed E-state index contributed by atoms with van der Waals surface area (Å²) in [7, 11) is -7.60. The highest BCUT2D eigenvalue weighted by Crippen LogP contribution is 2.29. The number of halogens is 3. The Kier molecular flexibility index (Phi) is 4.20. The van der Waals surface area contributed by atoms with Gasteiger partial charge in [0.2, 0.25) is 8.32 Å². The van der Waals surface area contributed by atoms with Gasteiger partial charge in [0, 0.05) is 6.07 Å². The number of hydrogen-bond acceptors (Lipinski definition) is 4. The first kappa shape index (κ1) is 15.8. The molecule has 0 saturated carbocycles. The molecule has 0 N–H and O–H groups in total. The van der Waals surface area contributed by atoms with Crippen molar-refractivity contribution in [1.82, 2.24) is 0 Å². The Hall–Kier alpha value is -1.22. The first-order chi connectivity index (χ1) is 8.41. The second-order valence-electron chi connectivity index (χ2n) is 4.67. The third-order valence-corrected chi connectivity index (χ3v) is 3.55. The minimum Gasteiger partial charge on any atom is -0.544 e. The molecule has 0 aliphatic heterocycles. The number of alkyl halides is 3. The zero-order valence-electron chi connectivity index (χ0n) is 10.5. The molecule has 0 aliphatic carbocycles. The monoisotopic (exact) mass is 314 g/mol. The van der Waals surface area contributed by atoms with Crippen molar-refractivity contribution in [3.8, 4) is 11.5 Å². The maximum atomic E-state index is 12.2. The summed E-state index contributed by atoms with van der Waals surface area (Å²) in [6.07, 6.45) is 0. The molecule has 0 heterocycles. The van der Waals surface area contributed by atoms with Crippen LogP contribution in [0.4, 0.5) is 13.2 Å². The maximum Gasteiger partial charge on any atom is 0.534 e.